The van der Waals surface area contributed by atoms with Gasteiger partial charge in [0.15, 0.2) is 0 Å². The predicted octanol–water partition coefficient (Wildman–Crippen LogP) is 2.08. The normalized spacial score (nSPS) is 18.2. The van der Waals surface area contributed by atoms with E-state index in [1.807, 2.05) is 31.2 Å². The van der Waals surface area contributed by atoms with Crippen LogP contribution in [0.4, 0.5) is 5.82 Å². The second-order valence-corrected chi connectivity index (χ2v) is 10.3. The Bertz CT molecular complexity index is 1630. The van der Waals surface area contributed by atoms with Gasteiger partial charge in [-0.05, 0) is 48.2 Å². The van der Waals surface area contributed by atoms with Crippen LogP contribution in [0.1, 0.15) is 38.3 Å². The van der Waals surface area contributed by atoms with Gasteiger partial charge in [0.05, 0.1) is 22.7 Å². The average Bonchev–Trinajstić information content (AvgIpc) is 3.59. The number of aromatic nitrogens is 4. The van der Waals surface area contributed by atoms with Gasteiger partial charge in [-0.15, -0.1) is 0 Å². The van der Waals surface area contributed by atoms with Gasteiger partial charge in [0, 0.05) is 56.0 Å². The number of hydrogen-bond donors (Lipinski definition) is 3. The molecule has 3 amide bonds. The lowest BCUT2D eigenvalue weighted by Crippen LogP contribution is -2.47. The number of amides is 3. The van der Waals surface area contributed by atoms with Crippen molar-refractivity contribution in [3.05, 3.63) is 82.4 Å². The zero-order chi connectivity index (χ0) is 26.6. The number of hydrogen-bond acceptors (Lipinski definition) is 6. The van der Waals surface area contributed by atoms with Crippen molar-refractivity contribution >= 4 is 34.4 Å². The van der Waals surface area contributed by atoms with Crippen LogP contribution in [0.25, 0.3) is 10.9 Å². The Kier molecular flexibility index (Phi) is 5.48. The van der Waals surface area contributed by atoms with Gasteiger partial charge in [0.2, 0.25) is 11.8 Å². The Hall–Kier alpha value is -4.60. The van der Waals surface area contributed by atoms with Crippen LogP contribution in [-0.2, 0) is 34.3 Å². The van der Waals surface area contributed by atoms with Crippen LogP contribution in [0.15, 0.2) is 48.9 Å². The molecule has 38 heavy (non-hydrogen) atoms. The minimum Gasteiger partial charge on any atom is -0.347 e. The van der Waals surface area contributed by atoms with Gasteiger partial charge in [-0.25, -0.2) is 4.98 Å². The van der Waals surface area contributed by atoms with Gasteiger partial charge in [0.1, 0.15) is 11.9 Å². The molecule has 6 rings (SSSR count). The van der Waals surface area contributed by atoms with Gasteiger partial charge in [-0.2, -0.15) is 5.10 Å². The first-order valence-electron chi connectivity index (χ1n) is 12.4. The molecule has 2 aliphatic rings. The maximum atomic E-state index is 13.4. The van der Waals surface area contributed by atoms with Gasteiger partial charge in [-0.1, -0.05) is 12.1 Å². The Morgan fingerprint density at radius 2 is 2.00 bits per heavy atom. The smallest absolute Gasteiger partial charge is 0.253 e. The SMILES string of the molecule is Cc1cc(C[C@@H](NC(=O)c2cnc3c(c2)C[C@@]2(C3)C(=O)Nc3ncccc32)C(=O)N(C)C)cc2cn[nH]c12. The van der Waals surface area contributed by atoms with Gasteiger partial charge in [-0.3, -0.25) is 24.5 Å². The molecule has 1 aliphatic carbocycles. The van der Waals surface area contributed by atoms with E-state index in [2.05, 4.69) is 30.8 Å². The molecule has 4 aromatic rings. The number of fused-ring (bicyclic) bond motifs is 4. The predicted molar refractivity (Wildman–Crippen MR) is 141 cm³/mol. The number of carbonyl (C=O) groups excluding carboxylic acids is 3. The van der Waals surface area contributed by atoms with Crippen LogP contribution in [0.5, 0.6) is 0 Å². The van der Waals surface area contributed by atoms with Crippen molar-refractivity contribution < 1.29 is 14.4 Å². The molecule has 2 atom stereocenters. The van der Waals surface area contributed by atoms with Crippen LogP contribution in [0, 0.1) is 6.92 Å². The molecular formula is C28H27N7O3. The number of aromatic amines is 1. The summed E-state index contributed by atoms with van der Waals surface area (Å²) < 4.78 is 0. The Labute approximate surface area is 218 Å². The topological polar surface area (TPSA) is 133 Å². The highest BCUT2D eigenvalue weighted by Crippen LogP contribution is 2.46. The minimum atomic E-state index is -0.764. The number of H-pyrrole nitrogens is 1. The average molecular weight is 510 g/mol. The molecule has 4 heterocycles. The number of benzene rings is 1. The summed E-state index contributed by atoms with van der Waals surface area (Å²) in [5.74, 6) is -0.113. The quantitative estimate of drug-likeness (QED) is 0.377. The summed E-state index contributed by atoms with van der Waals surface area (Å²) in [6.45, 7) is 1.98. The standard InChI is InChI=1S/C28H27N7O3/c1-15-7-16(8-18-14-31-34-23(15)18)9-21(26(37)35(2)3)32-25(36)19-10-17-11-28(12-22(17)30-13-19)20-5-4-6-29-24(20)33-27(28)38/h4-8,10,13-14,21H,9,11-12H2,1-3H3,(H,31,34)(H,32,36)(H,29,33,38)/t21-,28+/m1/s1. The highest BCUT2D eigenvalue weighted by molar-refractivity contribution is 6.06. The van der Waals surface area contributed by atoms with Crippen LogP contribution < -0.4 is 10.6 Å². The fraction of sp³-hybridized carbons (Fsp3) is 0.286. The summed E-state index contributed by atoms with van der Waals surface area (Å²) in [6.07, 6.45) is 6.13. The molecule has 3 N–H and O–H groups in total. The molecule has 0 saturated heterocycles. The number of nitrogens with zero attached hydrogens (tertiary/aromatic N) is 4. The van der Waals surface area contributed by atoms with Crippen molar-refractivity contribution in [1.82, 2.24) is 30.4 Å². The van der Waals surface area contributed by atoms with E-state index in [1.165, 1.54) is 11.1 Å². The van der Waals surface area contributed by atoms with Crippen LogP contribution >= 0.6 is 0 Å². The van der Waals surface area contributed by atoms with E-state index in [0.717, 1.165) is 38.9 Å². The van der Waals surface area contributed by atoms with Crippen molar-refractivity contribution in [2.24, 2.45) is 0 Å². The van der Waals surface area contributed by atoms with E-state index in [9.17, 15) is 14.4 Å². The number of rotatable bonds is 5. The minimum absolute atomic E-state index is 0.100. The fourth-order valence-electron chi connectivity index (χ4n) is 5.66. The number of nitrogens with one attached hydrogen (secondary N) is 3. The summed E-state index contributed by atoms with van der Waals surface area (Å²) in [7, 11) is 3.34. The Morgan fingerprint density at radius 3 is 2.82 bits per heavy atom. The summed E-state index contributed by atoms with van der Waals surface area (Å²) >= 11 is 0. The van der Waals surface area contributed by atoms with Crippen molar-refractivity contribution in [2.75, 3.05) is 19.4 Å². The Balaban J connectivity index is 1.25. The lowest BCUT2D eigenvalue weighted by Gasteiger charge is -2.22. The number of anilines is 1. The lowest BCUT2D eigenvalue weighted by molar-refractivity contribution is -0.130. The maximum absolute atomic E-state index is 13.4. The van der Waals surface area contributed by atoms with E-state index in [1.54, 1.807) is 32.6 Å². The number of carbonyl (C=O) groups is 3. The molecule has 192 valence electrons. The zero-order valence-electron chi connectivity index (χ0n) is 21.3. The van der Waals surface area contributed by atoms with Crippen molar-refractivity contribution in [3.63, 3.8) is 0 Å². The first kappa shape index (κ1) is 23.8. The van der Waals surface area contributed by atoms with Crippen LogP contribution in [0.2, 0.25) is 0 Å². The first-order chi connectivity index (χ1) is 18.2. The molecule has 3 aromatic heterocycles. The molecular weight excluding hydrogens is 482 g/mol. The molecule has 0 radical (unpaired) electrons. The van der Waals surface area contributed by atoms with E-state index in [-0.39, 0.29) is 17.7 Å². The summed E-state index contributed by atoms with van der Waals surface area (Å²) in [4.78, 5) is 49.7. The monoisotopic (exact) mass is 509 g/mol. The third kappa shape index (κ3) is 3.80. The maximum Gasteiger partial charge on any atom is 0.253 e. The molecule has 0 saturated carbocycles. The summed E-state index contributed by atoms with van der Waals surface area (Å²) in [6, 6.07) is 8.73. The highest BCUT2D eigenvalue weighted by atomic mass is 16.2. The Morgan fingerprint density at radius 1 is 1.16 bits per heavy atom. The van der Waals surface area contributed by atoms with Crippen molar-refractivity contribution in [3.8, 4) is 0 Å². The highest BCUT2D eigenvalue weighted by Gasteiger charge is 2.51. The molecule has 1 aliphatic heterocycles. The van der Waals surface area contributed by atoms with E-state index in [0.29, 0.717) is 30.6 Å². The number of pyridine rings is 2. The third-order valence-corrected chi connectivity index (χ3v) is 7.56. The zero-order valence-corrected chi connectivity index (χ0v) is 21.3. The molecule has 1 aromatic carbocycles. The number of aryl methyl sites for hydroxylation is 1. The lowest BCUT2D eigenvalue weighted by atomic mass is 9.80. The molecule has 0 bridgehead atoms. The van der Waals surface area contributed by atoms with Crippen LogP contribution in [0.3, 0.4) is 0 Å². The molecule has 10 nitrogen and oxygen atoms in total. The number of likely N-dealkylation sites (N-methyl/N-ethyl adjacent to an activating group) is 1. The summed E-state index contributed by atoms with van der Waals surface area (Å²) in [5.41, 5.74) is 4.97. The van der Waals surface area contributed by atoms with E-state index in [4.69, 9.17) is 0 Å². The van der Waals surface area contributed by atoms with Crippen molar-refractivity contribution in [2.45, 2.75) is 37.6 Å². The third-order valence-electron chi connectivity index (χ3n) is 7.56. The van der Waals surface area contributed by atoms with E-state index < -0.39 is 11.5 Å². The second kappa shape index (κ2) is 8.76. The molecule has 0 fully saturated rings. The van der Waals surface area contributed by atoms with E-state index >= 15 is 0 Å². The van der Waals surface area contributed by atoms with Crippen LogP contribution in [-0.4, -0.2) is 62.9 Å². The fourth-order valence-corrected chi connectivity index (χ4v) is 5.66. The first-order valence-corrected chi connectivity index (χ1v) is 12.4. The van der Waals surface area contributed by atoms with Crippen molar-refractivity contribution in [1.29, 1.82) is 0 Å². The molecule has 1 spiro atoms. The second-order valence-electron chi connectivity index (χ2n) is 10.3. The van der Waals surface area contributed by atoms with Gasteiger partial charge in [0.25, 0.3) is 5.91 Å². The van der Waals surface area contributed by atoms with Gasteiger partial charge >= 0.3 is 0 Å². The molecule has 0 unspecified atom stereocenters. The van der Waals surface area contributed by atoms with Gasteiger partial charge < -0.3 is 15.5 Å². The largest absolute Gasteiger partial charge is 0.347 e. The summed E-state index contributed by atoms with van der Waals surface area (Å²) in [5, 5.41) is 13.8. The molecule has 10 heteroatoms.